The Hall–Kier alpha value is -1.78. The SMILES string of the molecule is CCCOc1ccc(Oc2ncc(CNC)cc2Cl)cc1. The fourth-order valence-electron chi connectivity index (χ4n) is 1.78. The van der Waals surface area contributed by atoms with Gasteiger partial charge in [0.05, 0.1) is 6.61 Å². The number of ether oxygens (including phenoxy) is 2. The molecule has 0 unspecified atom stereocenters. The maximum atomic E-state index is 6.17. The number of hydrogen-bond acceptors (Lipinski definition) is 4. The lowest BCUT2D eigenvalue weighted by molar-refractivity contribution is 0.317. The highest BCUT2D eigenvalue weighted by Crippen LogP contribution is 2.28. The zero-order valence-corrected chi connectivity index (χ0v) is 13.0. The van der Waals surface area contributed by atoms with Crippen LogP contribution in [0.15, 0.2) is 36.5 Å². The predicted octanol–water partition coefficient (Wildman–Crippen LogP) is 4.04. The molecule has 0 radical (unpaired) electrons. The second-order valence-corrected chi connectivity index (χ2v) is 4.99. The van der Waals surface area contributed by atoms with Gasteiger partial charge in [0.1, 0.15) is 16.5 Å². The molecule has 0 amide bonds. The third kappa shape index (κ3) is 4.62. The Morgan fingerprint density at radius 2 is 1.90 bits per heavy atom. The second-order valence-electron chi connectivity index (χ2n) is 4.58. The van der Waals surface area contributed by atoms with Crippen LogP contribution < -0.4 is 14.8 Å². The Bertz CT molecular complexity index is 573. The van der Waals surface area contributed by atoms with E-state index in [0.29, 0.717) is 23.3 Å². The summed E-state index contributed by atoms with van der Waals surface area (Å²) in [6.07, 6.45) is 2.73. The van der Waals surface area contributed by atoms with E-state index in [2.05, 4.69) is 17.2 Å². The van der Waals surface area contributed by atoms with Gasteiger partial charge < -0.3 is 14.8 Å². The molecule has 21 heavy (non-hydrogen) atoms. The lowest BCUT2D eigenvalue weighted by Crippen LogP contribution is -2.05. The average Bonchev–Trinajstić information content (AvgIpc) is 2.49. The van der Waals surface area contributed by atoms with Gasteiger partial charge in [-0.05, 0) is 49.4 Å². The Balaban J connectivity index is 2.04. The fourth-order valence-corrected chi connectivity index (χ4v) is 2.00. The van der Waals surface area contributed by atoms with Crippen LogP contribution in [0.5, 0.6) is 17.4 Å². The Morgan fingerprint density at radius 3 is 2.52 bits per heavy atom. The largest absolute Gasteiger partial charge is 0.494 e. The summed E-state index contributed by atoms with van der Waals surface area (Å²) >= 11 is 6.17. The molecule has 2 aromatic rings. The average molecular weight is 307 g/mol. The minimum atomic E-state index is 0.402. The first kappa shape index (κ1) is 15.6. The third-order valence-corrected chi connectivity index (χ3v) is 3.03. The van der Waals surface area contributed by atoms with Crippen LogP contribution in [0.25, 0.3) is 0 Å². The van der Waals surface area contributed by atoms with Crippen molar-refractivity contribution in [1.82, 2.24) is 10.3 Å². The molecule has 0 atom stereocenters. The van der Waals surface area contributed by atoms with Crippen LogP contribution in [0, 0.1) is 0 Å². The first-order chi connectivity index (χ1) is 10.2. The van der Waals surface area contributed by atoms with Crippen molar-refractivity contribution < 1.29 is 9.47 Å². The van der Waals surface area contributed by atoms with Crippen LogP contribution in [0.1, 0.15) is 18.9 Å². The molecule has 5 heteroatoms. The summed E-state index contributed by atoms with van der Waals surface area (Å²) in [4.78, 5) is 4.24. The van der Waals surface area contributed by atoms with E-state index >= 15 is 0 Å². The number of hydrogen-bond donors (Lipinski definition) is 1. The Labute approximate surface area is 130 Å². The quantitative estimate of drug-likeness (QED) is 0.838. The van der Waals surface area contributed by atoms with Crippen LogP contribution in [-0.4, -0.2) is 18.6 Å². The minimum Gasteiger partial charge on any atom is -0.494 e. The Morgan fingerprint density at radius 1 is 1.19 bits per heavy atom. The normalized spacial score (nSPS) is 10.4. The minimum absolute atomic E-state index is 0.402. The molecule has 0 saturated carbocycles. The standard InChI is InChI=1S/C16H19ClN2O2/c1-3-8-20-13-4-6-14(7-5-13)21-16-15(17)9-12(10-18-2)11-19-16/h4-7,9,11,18H,3,8,10H2,1-2H3. The van der Waals surface area contributed by atoms with Crippen molar-refractivity contribution in [2.24, 2.45) is 0 Å². The molecule has 0 bridgehead atoms. The van der Waals surface area contributed by atoms with Crippen LogP contribution >= 0.6 is 11.6 Å². The van der Waals surface area contributed by atoms with E-state index in [1.54, 1.807) is 6.20 Å². The fraction of sp³-hybridized carbons (Fsp3) is 0.312. The van der Waals surface area contributed by atoms with Gasteiger partial charge >= 0.3 is 0 Å². The lowest BCUT2D eigenvalue weighted by atomic mass is 10.3. The van der Waals surface area contributed by atoms with Gasteiger partial charge in [-0.15, -0.1) is 0 Å². The van der Waals surface area contributed by atoms with Crippen LogP contribution in [0.2, 0.25) is 5.02 Å². The number of aromatic nitrogens is 1. The van der Waals surface area contributed by atoms with Crippen molar-refractivity contribution in [2.45, 2.75) is 19.9 Å². The van der Waals surface area contributed by atoms with Crippen molar-refractivity contribution >= 4 is 11.6 Å². The summed E-state index contributed by atoms with van der Waals surface area (Å²) in [5, 5.41) is 3.54. The highest BCUT2D eigenvalue weighted by atomic mass is 35.5. The first-order valence-corrected chi connectivity index (χ1v) is 7.30. The van der Waals surface area contributed by atoms with Crippen molar-refractivity contribution in [3.05, 3.63) is 47.1 Å². The summed E-state index contributed by atoms with van der Waals surface area (Å²) in [5.74, 6) is 1.90. The third-order valence-electron chi connectivity index (χ3n) is 2.76. The highest BCUT2D eigenvalue weighted by molar-refractivity contribution is 6.31. The molecule has 2 rings (SSSR count). The maximum absolute atomic E-state index is 6.17. The molecule has 112 valence electrons. The number of pyridine rings is 1. The number of nitrogens with one attached hydrogen (secondary N) is 1. The predicted molar refractivity (Wildman–Crippen MR) is 84.3 cm³/mol. The smallest absolute Gasteiger partial charge is 0.238 e. The van der Waals surface area contributed by atoms with Gasteiger partial charge in [-0.1, -0.05) is 18.5 Å². The van der Waals surface area contributed by atoms with Gasteiger partial charge in [0.15, 0.2) is 0 Å². The summed E-state index contributed by atoms with van der Waals surface area (Å²) in [7, 11) is 1.88. The molecule has 1 aromatic heterocycles. The topological polar surface area (TPSA) is 43.4 Å². The van der Waals surface area contributed by atoms with E-state index in [1.807, 2.05) is 37.4 Å². The van der Waals surface area contributed by atoms with Gasteiger partial charge in [-0.25, -0.2) is 4.98 Å². The zero-order valence-electron chi connectivity index (χ0n) is 12.2. The number of benzene rings is 1. The zero-order chi connectivity index (χ0) is 15.1. The van der Waals surface area contributed by atoms with E-state index < -0.39 is 0 Å². The summed E-state index contributed by atoms with van der Waals surface area (Å²) in [6, 6.07) is 9.26. The van der Waals surface area contributed by atoms with Crippen LogP contribution in [0.4, 0.5) is 0 Å². The molecule has 1 aromatic carbocycles. The van der Waals surface area contributed by atoms with Crippen molar-refractivity contribution in [1.29, 1.82) is 0 Å². The molecule has 4 nitrogen and oxygen atoms in total. The molecular weight excluding hydrogens is 288 g/mol. The molecular formula is C16H19ClN2O2. The number of rotatable bonds is 7. The first-order valence-electron chi connectivity index (χ1n) is 6.92. The van der Waals surface area contributed by atoms with E-state index in [9.17, 15) is 0 Å². The van der Waals surface area contributed by atoms with Gasteiger partial charge in [0.25, 0.3) is 0 Å². The monoisotopic (exact) mass is 306 g/mol. The van der Waals surface area contributed by atoms with Gasteiger partial charge in [-0.2, -0.15) is 0 Å². The molecule has 0 aliphatic carbocycles. The van der Waals surface area contributed by atoms with Crippen molar-refractivity contribution in [2.75, 3.05) is 13.7 Å². The highest BCUT2D eigenvalue weighted by Gasteiger charge is 2.06. The van der Waals surface area contributed by atoms with E-state index in [0.717, 1.165) is 24.3 Å². The van der Waals surface area contributed by atoms with Crippen molar-refractivity contribution in [3.8, 4) is 17.4 Å². The van der Waals surface area contributed by atoms with Gasteiger partial charge in [0.2, 0.25) is 5.88 Å². The van der Waals surface area contributed by atoms with Crippen LogP contribution in [-0.2, 0) is 6.54 Å². The Kier molecular flexibility index (Phi) is 5.84. The molecule has 1 heterocycles. The number of halogens is 1. The van der Waals surface area contributed by atoms with E-state index in [-0.39, 0.29) is 0 Å². The molecule has 1 N–H and O–H groups in total. The van der Waals surface area contributed by atoms with Gasteiger partial charge in [-0.3, -0.25) is 0 Å². The summed E-state index contributed by atoms with van der Waals surface area (Å²) < 4.78 is 11.2. The van der Waals surface area contributed by atoms with Crippen molar-refractivity contribution in [3.63, 3.8) is 0 Å². The molecule has 0 spiro atoms. The summed E-state index contributed by atoms with van der Waals surface area (Å²) in [6.45, 7) is 3.50. The molecule has 0 fully saturated rings. The molecule has 0 aliphatic heterocycles. The molecule has 0 saturated heterocycles. The second kappa shape index (κ2) is 7.86. The summed E-state index contributed by atoms with van der Waals surface area (Å²) in [5.41, 5.74) is 1.01. The lowest BCUT2D eigenvalue weighted by Gasteiger charge is -2.09. The van der Waals surface area contributed by atoms with E-state index in [4.69, 9.17) is 21.1 Å². The number of nitrogens with zero attached hydrogens (tertiary/aromatic N) is 1. The maximum Gasteiger partial charge on any atom is 0.238 e. The van der Waals surface area contributed by atoms with E-state index in [1.165, 1.54) is 0 Å². The van der Waals surface area contributed by atoms with Gasteiger partial charge in [0, 0.05) is 12.7 Å². The molecule has 0 aliphatic rings. The van der Waals surface area contributed by atoms with Crippen LogP contribution in [0.3, 0.4) is 0 Å².